The van der Waals surface area contributed by atoms with E-state index in [1.807, 2.05) is 55.4 Å². The Labute approximate surface area is 271 Å². The quantitative estimate of drug-likeness (QED) is 0.136. The summed E-state index contributed by atoms with van der Waals surface area (Å²) in [7, 11) is -28.6. The van der Waals surface area contributed by atoms with Crippen molar-refractivity contribution in [3.63, 3.8) is 0 Å². The van der Waals surface area contributed by atoms with Crippen molar-refractivity contribution in [2.24, 2.45) is 5.41 Å². The van der Waals surface area contributed by atoms with E-state index in [2.05, 4.69) is 13.8 Å². The molecule has 0 saturated carbocycles. The van der Waals surface area contributed by atoms with Gasteiger partial charge in [-0.2, -0.15) is 0 Å². The van der Waals surface area contributed by atoms with Gasteiger partial charge in [-0.05, 0) is 38.8 Å². The van der Waals surface area contributed by atoms with Gasteiger partial charge in [0.1, 0.15) is 0 Å². The van der Waals surface area contributed by atoms with E-state index in [9.17, 15) is 4.79 Å². The van der Waals surface area contributed by atoms with Crippen LogP contribution >= 0.6 is 0 Å². The number of carbonyl (C=O) groups excluding carboxylic acids is 1. The molecule has 6 heterocycles. The molecule has 0 aliphatic carbocycles. The second-order valence-electron chi connectivity index (χ2n) is 12.7. The molecule has 0 aromatic carbocycles. The molecular weight excluding hydrogens is 709 g/mol. The van der Waals surface area contributed by atoms with E-state index >= 15 is 0 Å². The molecule has 8 atom stereocenters. The molecule has 8 unspecified atom stereocenters. The average molecular weight is 761 g/mol. The second kappa shape index (κ2) is 12.3. The lowest BCUT2D eigenvalue weighted by Crippen LogP contribution is -2.80. The van der Waals surface area contributed by atoms with Crippen molar-refractivity contribution >= 4 is 75.0 Å². The van der Waals surface area contributed by atoms with Gasteiger partial charge in [0.05, 0.1) is 12.0 Å². The Hall–Kier alpha value is 0.765. The Morgan fingerprint density at radius 3 is 1.14 bits per heavy atom. The van der Waals surface area contributed by atoms with Gasteiger partial charge in [0.2, 0.25) is 0 Å². The summed E-state index contributed by atoms with van der Waals surface area (Å²) in [4.78, 5) is 12.8. The Kier molecular flexibility index (Phi) is 10.1. The lowest BCUT2D eigenvalue weighted by Gasteiger charge is -2.55. The van der Waals surface area contributed by atoms with Gasteiger partial charge < -0.3 is 50.0 Å². The van der Waals surface area contributed by atoms with E-state index in [0.29, 0.717) is 61.2 Å². The maximum absolute atomic E-state index is 12.8. The summed E-state index contributed by atoms with van der Waals surface area (Å²) in [5.74, 6) is -0.231. The van der Waals surface area contributed by atoms with Crippen LogP contribution in [-0.4, -0.2) is 81.6 Å². The monoisotopic (exact) mass is 760 g/mol. The molecule has 21 heteroatoms. The largest absolute Gasteiger partial charge is 0.478 e. The minimum Gasteiger partial charge on any atom is -0.465 e. The van der Waals surface area contributed by atoms with Crippen LogP contribution in [0.4, 0.5) is 0 Å². The van der Waals surface area contributed by atoms with Crippen LogP contribution in [0.25, 0.3) is 0 Å². The Bertz CT molecular complexity index is 1110. The topological polar surface area (TPSA) is 128 Å². The van der Waals surface area contributed by atoms with Gasteiger partial charge in [-0.3, -0.25) is 4.79 Å². The molecule has 254 valence electrons. The SMILES string of the molecule is CCC(C)(C)C(=O)OCCC[Si]12O[Si]3(CC)O[Si]4(CC)O[Si]5(CC)O[Si](CC)(O3)O[Si](CC)(O1)[Si](CC)(O5)O[Si](CC)(O4)O2. The summed E-state index contributed by atoms with van der Waals surface area (Å²) < 4.78 is 85.5. The van der Waals surface area contributed by atoms with Gasteiger partial charge in [0.15, 0.2) is 0 Å². The lowest BCUT2D eigenvalue weighted by molar-refractivity contribution is -0.154. The first-order valence-electron chi connectivity index (χ1n) is 16.5. The molecule has 44 heavy (non-hydrogen) atoms. The first-order valence-corrected chi connectivity index (χ1v) is 33.2. The van der Waals surface area contributed by atoms with E-state index in [1.165, 1.54) is 0 Å². The predicted molar refractivity (Wildman–Crippen MR) is 176 cm³/mol. The number of esters is 1. The molecule has 6 aliphatic rings. The molecule has 8 bridgehead atoms. The third kappa shape index (κ3) is 5.76. The lowest BCUT2D eigenvalue weighted by atomic mass is 9.91. The molecule has 6 rings (SSSR count). The third-order valence-electron chi connectivity index (χ3n) is 9.43. The van der Waals surface area contributed by atoms with Crippen LogP contribution < -0.4 is 0 Å². The van der Waals surface area contributed by atoms with E-state index in [0.717, 1.165) is 0 Å². The van der Waals surface area contributed by atoms with Crippen molar-refractivity contribution in [1.29, 1.82) is 0 Å². The van der Waals surface area contributed by atoms with Crippen LogP contribution in [0, 0.1) is 5.41 Å². The molecule has 0 aromatic heterocycles. The van der Waals surface area contributed by atoms with E-state index in [1.54, 1.807) is 0 Å². The average Bonchev–Trinajstić information content (AvgIpc) is 3.16. The number of hydrogen-bond acceptors (Lipinski definition) is 13. The first kappa shape index (κ1) is 36.1. The highest BCUT2D eigenvalue weighted by atomic mass is 29.3. The van der Waals surface area contributed by atoms with Crippen LogP contribution in [0.1, 0.15) is 82.1 Å². The van der Waals surface area contributed by atoms with E-state index in [-0.39, 0.29) is 12.6 Å². The van der Waals surface area contributed by atoms with Gasteiger partial charge in [0, 0.05) is 36.3 Å². The van der Waals surface area contributed by atoms with Gasteiger partial charge in [-0.15, -0.1) is 0 Å². The number of ether oxygens (including phenoxy) is 1. The number of rotatable bonds is 13. The minimum atomic E-state index is -3.76. The molecule has 6 fully saturated rings. The van der Waals surface area contributed by atoms with Crippen molar-refractivity contribution in [3.05, 3.63) is 0 Å². The molecule has 0 aromatic rings. The first-order chi connectivity index (χ1) is 20.6. The maximum atomic E-state index is 12.8. The van der Waals surface area contributed by atoms with Crippen LogP contribution in [0.2, 0.25) is 48.4 Å². The predicted octanol–water partition coefficient (Wildman–Crippen LogP) is 5.34. The summed E-state index contributed by atoms with van der Waals surface area (Å²) >= 11 is 0. The molecule has 0 spiro atoms. The van der Waals surface area contributed by atoms with Crippen molar-refractivity contribution in [2.45, 2.75) is 130 Å². The fourth-order valence-electron chi connectivity index (χ4n) is 6.25. The zero-order valence-corrected chi connectivity index (χ0v) is 36.1. The molecule has 0 amide bonds. The highest BCUT2D eigenvalue weighted by molar-refractivity contribution is 7.38. The summed E-state index contributed by atoms with van der Waals surface area (Å²) in [6.07, 6.45) is 1.15. The van der Waals surface area contributed by atoms with E-state index in [4.69, 9.17) is 50.0 Å². The summed E-state index contributed by atoms with van der Waals surface area (Å²) in [5, 5.41) is 0. The zero-order valence-electron chi connectivity index (χ0n) is 28.1. The van der Waals surface area contributed by atoms with Gasteiger partial charge in [0.25, 0.3) is 0 Å². The number of carbonyl (C=O) groups is 1. The van der Waals surface area contributed by atoms with Crippen molar-refractivity contribution in [1.82, 2.24) is 0 Å². The molecular formula is C23H52O13Si8. The Balaban J connectivity index is 1.70. The fourth-order valence-corrected chi connectivity index (χ4v) is 69.2. The highest BCUT2D eigenvalue weighted by Crippen LogP contribution is 2.56. The van der Waals surface area contributed by atoms with Gasteiger partial charge in [-0.1, -0.05) is 55.4 Å². The fraction of sp³-hybridized carbons (Fsp3) is 0.957. The van der Waals surface area contributed by atoms with Gasteiger partial charge in [-0.25, -0.2) is 0 Å². The van der Waals surface area contributed by atoms with Crippen molar-refractivity contribution < 1.29 is 54.8 Å². The third-order valence-corrected chi connectivity index (χ3v) is 54.7. The molecule has 0 radical (unpaired) electrons. The molecule has 6 saturated heterocycles. The summed E-state index contributed by atoms with van der Waals surface area (Å²) in [5.41, 5.74) is -0.565. The summed E-state index contributed by atoms with van der Waals surface area (Å²) in [6.45, 7) is 20.2. The van der Waals surface area contributed by atoms with Crippen molar-refractivity contribution in [3.8, 4) is 0 Å². The number of hydrogen-bond donors (Lipinski definition) is 0. The van der Waals surface area contributed by atoms with Crippen LogP contribution in [0.5, 0.6) is 0 Å². The van der Waals surface area contributed by atoms with Crippen LogP contribution in [-0.2, 0) is 54.8 Å². The van der Waals surface area contributed by atoms with Crippen molar-refractivity contribution in [2.75, 3.05) is 6.61 Å². The zero-order chi connectivity index (χ0) is 32.3. The summed E-state index contributed by atoms with van der Waals surface area (Å²) in [6, 6.07) is 3.77. The van der Waals surface area contributed by atoms with Crippen LogP contribution in [0.3, 0.4) is 0 Å². The second-order valence-corrected chi connectivity index (χ2v) is 42.9. The normalized spacial score (nSPS) is 46.3. The minimum absolute atomic E-state index is 0.200. The van der Waals surface area contributed by atoms with Gasteiger partial charge >= 0.3 is 75.0 Å². The highest BCUT2D eigenvalue weighted by Gasteiger charge is 2.86. The Morgan fingerprint density at radius 2 is 0.818 bits per heavy atom. The van der Waals surface area contributed by atoms with E-state index < -0.39 is 74.4 Å². The van der Waals surface area contributed by atoms with Crippen LogP contribution in [0.15, 0.2) is 0 Å². The maximum Gasteiger partial charge on any atom is 0.478 e. The Morgan fingerprint density at radius 1 is 0.500 bits per heavy atom. The smallest absolute Gasteiger partial charge is 0.465 e. The standard InChI is InChI=1S/C23H52O13Si8/c1-11-23(9,10)22(24)25-20-19-21-42-31-38(13-3)26-37(12-2)27-39(14-4)30-40(15-5,29-38)34-44(18-8,36-42)43(17-7,33-39)35-41(16-6,28-37)32-42/h11-21H2,1-10H3. The molecule has 6 aliphatic heterocycles. The molecule has 13 nitrogen and oxygen atoms in total. The molecule has 0 N–H and O–H groups in total.